The van der Waals surface area contributed by atoms with Gasteiger partial charge in [0.05, 0.1) is 4.91 Å². The number of aliphatic carboxylic acids is 1. The number of ether oxygens (including phenoxy) is 1. The summed E-state index contributed by atoms with van der Waals surface area (Å²) in [4.78, 5) is 12.1. The van der Waals surface area contributed by atoms with E-state index in [2.05, 4.69) is 6.58 Å². The van der Waals surface area contributed by atoms with Crippen LogP contribution < -0.4 is 4.74 Å². The number of hydrogen-bond donors (Lipinski definition) is 1. The minimum atomic E-state index is -0.965. The Morgan fingerprint density at radius 2 is 1.76 bits per heavy atom. The topological polar surface area (TPSA) is 46.5 Å². The number of halogens is 1. The number of thioether (sulfide) groups is 1. The van der Waals surface area contributed by atoms with Gasteiger partial charge in [0.1, 0.15) is 17.3 Å². The molecule has 2 rings (SSSR count). The van der Waals surface area contributed by atoms with Crippen molar-refractivity contribution in [3.8, 4) is 11.5 Å². The largest absolute Gasteiger partial charge is 0.477 e. The third-order valence-corrected chi connectivity index (χ3v) is 4.57. The zero-order chi connectivity index (χ0) is 18.6. The van der Waals surface area contributed by atoms with E-state index in [0.717, 1.165) is 28.5 Å². The molecule has 0 spiro atoms. The molecule has 130 valence electrons. The molecule has 0 aliphatic heterocycles. The Morgan fingerprint density at radius 3 is 2.28 bits per heavy atom. The monoisotopic (exact) mass is 358 g/mol. The maximum absolute atomic E-state index is 13.4. The van der Waals surface area contributed by atoms with Crippen molar-refractivity contribution in [2.45, 2.75) is 20.8 Å². The highest BCUT2D eigenvalue weighted by Crippen LogP contribution is 2.35. The van der Waals surface area contributed by atoms with Gasteiger partial charge in [0.25, 0.3) is 0 Å². The van der Waals surface area contributed by atoms with Crippen LogP contribution in [0.4, 0.5) is 4.39 Å². The predicted octanol–water partition coefficient (Wildman–Crippen LogP) is 6.01. The molecule has 3 nitrogen and oxygen atoms in total. The second kappa shape index (κ2) is 8.03. The fraction of sp³-hybridized carbons (Fsp3) is 0.150. The molecule has 2 aromatic rings. The molecular formula is C20H19FO3S. The van der Waals surface area contributed by atoms with Crippen molar-refractivity contribution in [1.82, 2.24) is 0 Å². The lowest BCUT2D eigenvalue weighted by molar-refractivity contribution is -0.131. The van der Waals surface area contributed by atoms with Crippen LogP contribution in [0.15, 0.2) is 59.5 Å². The van der Waals surface area contributed by atoms with Crippen molar-refractivity contribution >= 4 is 22.6 Å². The van der Waals surface area contributed by atoms with Crippen LogP contribution in [0.5, 0.6) is 11.5 Å². The Morgan fingerprint density at radius 1 is 1.12 bits per heavy atom. The molecule has 0 aliphatic rings. The summed E-state index contributed by atoms with van der Waals surface area (Å²) >= 11 is 1.12. The smallest absolute Gasteiger partial charge is 0.342 e. The van der Waals surface area contributed by atoms with E-state index in [1.54, 1.807) is 51.1 Å². The highest BCUT2D eigenvalue weighted by atomic mass is 32.2. The van der Waals surface area contributed by atoms with E-state index in [1.807, 2.05) is 0 Å². The first kappa shape index (κ1) is 18.8. The first-order chi connectivity index (χ1) is 11.8. The summed E-state index contributed by atoms with van der Waals surface area (Å²) < 4.78 is 19.1. The van der Waals surface area contributed by atoms with Crippen LogP contribution >= 0.6 is 11.8 Å². The summed E-state index contributed by atoms with van der Waals surface area (Å²) in [6.07, 6.45) is 0. The molecule has 0 bridgehead atoms. The Hall–Kier alpha value is -2.53. The SMILES string of the molecule is C=C(SC(C(=O)O)=C(C)C)c1ccc(Oc2cc(C)cc(F)c2)cc1. The van der Waals surface area contributed by atoms with Gasteiger partial charge in [0.15, 0.2) is 0 Å². The van der Waals surface area contributed by atoms with Crippen molar-refractivity contribution in [2.24, 2.45) is 0 Å². The first-order valence-electron chi connectivity index (χ1n) is 7.59. The zero-order valence-electron chi connectivity index (χ0n) is 14.3. The van der Waals surface area contributed by atoms with E-state index in [4.69, 9.17) is 4.74 Å². The summed E-state index contributed by atoms with van der Waals surface area (Å²) in [7, 11) is 0. The van der Waals surface area contributed by atoms with E-state index in [9.17, 15) is 14.3 Å². The van der Waals surface area contributed by atoms with Crippen molar-refractivity contribution in [3.05, 3.63) is 76.5 Å². The van der Waals surface area contributed by atoms with E-state index in [-0.39, 0.29) is 10.7 Å². The molecule has 0 unspecified atom stereocenters. The van der Waals surface area contributed by atoms with Gasteiger partial charge in [-0.15, -0.1) is 0 Å². The molecule has 0 saturated heterocycles. The summed E-state index contributed by atoms with van der Waals surface area (Å²) in [6, 6.07) is 11.6. The fourth-order valence-corrected chi connectivity index (χ4v) is 2.94. The van der Waals surface area contributed by atoms with E-state index in [0.29, 0.717) is 16.4 Å². The molecule has 0 fully saturated rings. The average molecular weight is 358 g/mol. The fourth-order valence-electron chi connectivity index (χ4n) is 2.15. The number of aryl methyl sites for hydroxylation is 1. The number of hydrogen-bond acceptors (Lipinski definition) is 3. The van der Waals surface area contributed by atoms with E-state index < -0.39 is 5.97 Å². The Balaban J connectivity index is 2.12. The minimum Gasteiger partial charge on any atom is -0.477 e. The molecular weight excluding hydrogens is 339 g/mol. The highest BCUT2D eigenvalue weighted by molar-refractivity contribution is 8.12. The molecule has 0 radical (unpaired) electrons. The van der Waals surface area contributed by atoms with Crippen molar-refractivity contribution in [1.29, 1.82) is 0 Å². The van der Waals surface area contributed by atoms with Gasteiger partial charge in [0, 0.05) is 11.0 Å². The van der Waals surface area contributed by atoms with Crippen LogP contribution in [-0.4, -0.2) is 11.1 Å². The van der Waals surface area contributed by atoms with E-state index >= 15 is 0 Å². The lowest BCUT2D eigenvalue weighted by Crippen LogP contribution is -1.99. The predicted molar refractivity (Wildman–Crippen MR) is 100 cm³/mol. The van der Waals surface area contributed by atoms with Gasteiger partial charge in [-0.05, 0) is 56.2 Å². The van der Waals surface area contributed by atoms with Crippen LogP contribution in [0.3, 0.4) is 0 Å². The lowest BCUT2D eigenvalue weighted by Gasteiger charge is -2.10. The Labute approximate surface area is 150 Å². The average Bonchev–Trinajstić information content (AvgIpc) is 2.51. The van der Waals surface area contributed by atoms with Gasteiger partial charge in [-0.25, -0.2) is 9.18 Å². The summed E-state index contributed by atoms with van der Waals surface area (Å²) in [5.74, 6) is -0.324. The van der Waals surface area contributed by atoms with Crippen LogP contribution in [0.2, 0.25) is 0 Å². The number of carboxylic acid groups (broad SMARTS) is 1. The standard InChI is InChI=1S/C20H19FO3S/c1-12(2)19(20(22)23)25-14(4)15-5-7-17(8-6-15)24-18-10-13(3)9-16(21)11-18/h5-11H,4H2,1-3H3,(H,22,23). The number of rotatable bonds is 6. The van der Waals surface area contributed by atoms with Crippen molar-refractivity contribution in [3.63, 3.8) is 0 Å². The lowest BCUT2D eigenvalue weighted by atomic mass is 10.2. The third kappa shape index (κ3) is 5.22. The van der Waals surface area contributed by atoms with Gasteiger partial charge in [-0.1, -0.05) is 36.0 Å². The normalized spacial score (nSPS) is 10.2. The second-order valence-corrected chi connectivity index (χ2v) is 6.86. The molecule has 0 heterocycles. The number of carbonyl (C=O) groups is 1. The number of carboxylic acids is 1. The Bertz CT molecular complexity index is 814. The number of benzene rings is 2. The second-order valence-electron chi connectivity index (χ2n) is 5.75. The van der Waals surface area contributed by atoms with Crippen LogP contribution in [-0.2, 0) is 4.79 Å². The molecule has 0 aromatic heterocycles. The molecule has 5 heteroatoms. The van der Waals surface area contributed by atoms with Crippen LogP contribution in [0.25, 0.3) is 4.91 Å². The number of allylic oxidation sites excluding steroid dienone is 1. The molecule has 0 atom stereocenters. The van der Waals surface area contributed by atoms with Gasteiger partial charge < -0.3 is 9.84 Å². The molecule has 2 aromatic carbocycles. The van der Waals surface area contributed by atoms with E-state index in [1.165, 1.54) is 12.1 Å². The zero-order valence-corrected chi connectivity index (χ0v) is 15.1. The highest BCUT2D eigenvalue weighted by Gasteiger charge is 2.13. The summed E-state index contributed by atoms with van der Waals surface area (Å²) in [5.41, 5.74) is 2.30. The Kier molecular flexibility index (Phi) is 6.04. The molecule has 0 saturated carbocycles. The quantitative estimate of drug-likeness (QED) is 0.643. The van der Waals surface area contributed by atoms with Gasteiger partial charge in [-0.2, -0.15) is 0 Å². The molecule has 0 amide bonds. The van der Waals surface area contributed by atoms with Gasteiger partial charge in [0.2, 0.25) is 0 Å². The van der Waals surface area contributed by atoms with Crippen LogP contribution in [0, 0.1) is 12.7 Å². The molecule has 25 heavy (non-hydrogen) atoms. The maximum Gasteiger partial charge on any atom is 0.342 e. The van der Waals surface area contributed by atoms with Crippen molar-refractivity contribution < 1.29 is 19.0 Å². The summed E-state index contributed by atoms with van der Waals surface area (Å²) in [6.45, 7) is 9.24. The van der Waals surface area contributed by atoms with Gasteiger partial charge >= 0.3 is 5.97 Å². The maximum atomic E-state index is 13.4. The molecule has 0 aliphatic carbocycles. The van der Waals surface area contributed by atoms with Crippen molar-refractivity contribution in [2.75, 3.05) is 0 Å². The molecule has 1 N–H and O–H groups in total. The summed E-state index contributed by atoms with van der Waals surface area (Å²) in [5, 5.41) is 9.22. The third-order valence-electron chi connectivity index (χ3n) is 3.30. The van der Waals surface area contributed by atoms with Gasteiger partial charge in [-0.3, -0.25) is 0 Å². The first-order valence-corrected chi connectivity index (χ1v) is 8.41. The minimum absolute atomic E-state index is 0.264. The van der Waals surface area contributed by atoms with Crippen LogP contribution in [0.1, 0.15) is 25.0 Å².